The second-order valence-electron chi connectivity index (χ2n) is 2.92. The molecule has 80 valence electrons. The van der Waals surface area contributed by atoms with Gasteiger partial charge in [-0.2, -0.15) is 11.8 Å². The van der Waals surface area contributed by atoms with Crippen LogP contribution in [0.15, 0.2) is 0 Å². The molecule has 2 atom stereocenters. The third-order valence-corrected chi connectivity index (χ3v) is 4.50. The van der Waals surface area contributed by atoms with Crippen LogP contribution < -0.4 is 5.73 Å². The average Bonchev–Trinajstić information content (AvgIpc) is 2.19. The van der Waals surface area contributed by atoms with Gasteiger partial charge in [0.2, 0.25) is 0 Å². The molecule has 1 rings (SSSR count). The monoisotopic (exact) mass is 235 g/mol. The van der Waals surface area contributed by atoms with Gasteiger partial charge in [0.1, 0.15) is 5.25 Å². The molecule has 1 fully saturated rings. The molecule has 0 aromatic carbocycles. The molecule has 0 spiro atoms. The quantitative estimate of drug-likeness (QED) is 0.710. The molecule has 0 aromatic rings. The Morgan fingerprint density at radius 3 is 2.71 bits per heavy atom. The lowest BCUT2D eigenvalue weighted by molar-refractivity contribution is -0.152. The van der Waals surface area contributed by atoms with Crippen LogP contribution >= 0.6 is 23.5 Å². The Kier molecular flexibility index (Phi) is 4.60. The van der Waals surface area contributed by atoms with Crippen LogP contribution in [0, 0.1) is 0 Å². The number of ether oxygens (including phenoxy) is 1. The Balaban J connectivity index is 2.36. The topological polar surface area (TPSA) is 69.4 Å². The van der Waals surface area contributed by atoms with E-state index >= 15 is 0 Å². The first-order valence-corrected chi connectivity index (χ1v) is 6.50. The summed E-state index contributed by atoms with van der Waals surface area (Å²) in [5.41, 5.74) is 4.99. The molecule has 6 heteroatoms. The van der Waals surface area contributed by atoms with E-state index in [1.807, 2.05) is 0 Å². The summed E-state index contributed by atoms with van der Waals surface area (Å²) < 4.78 is 4.90. The molecule has 1 heterocycles. The normalized spacial score (nSPS) is 23.9. The zero-order valence-corrected chi connectivity index (χ0v) is 9.53. The highest BCUT2D eigenvalue weighted by Crippen LogP contribution is 2.25. The minimum atomic E-state index is -0.824. The Hall–Kier alpha value is -0.360. The second-order valence-corrected chi connectivity index (χ2v) is 5.38. The maximum atomic E-state index is 11.4. The Labute approximate surface area is 91.3 Å². The van der Waals surface area contributed by atoms with E-state index in [1.165, 1.54) is 6.92 Å². The summed E-state index contributed by atoms with van der Waals surface area (Å²) in [6.45, 7) is 1.49. The molecule has 1 amide bonds. The Bertz CT molecular complexity index is 229. The van der Waals surface area contributed by atoms with Gasteiger partial charge in [-0.05, 0) is 6.92 Å². The van der Waals surface area contributed by atoms with Crippen LogP contribution in [0.3, 0.4) is 0 Å². The zero-order chi connectivity index (χ0) is 10.6. The van der Waals surface area contributed by atoms with Gasteiger partial charge in [0.15, 0.2) is 6.10 Å². The summed E-state index contributed by atoms with van der Waals surface area (Å²) in [6.07, 6.45) is -0.824. The van der Waals surface area contributed by atoms with E-state index in [2.05, 4.69) is 0 Å². The lowest BCUT2D eigenvalue weighted by Gasteiger charge is -2.20. The number of hydrogen-bond acceptors (Lipinski definition) is 5. The molecule has 0 saturated carbocycles. The fourth-order valence-electron chi connectivity index (χ4n) is 0.932. The minimum Gasteiger partial charge on any atom is -0.452 e. The van der Waals surface area contributed by atoms with Crippen LogP contribution in [0.4, 0.5) is 0 Å². The summed E-state index contributed by atoms with van der Waals surface area (Å²) in [4.78, 5) is 22.1. The molecule has 1 aliphatic rings. The SMILES string of the molecule is C[C@H](OC(=O)[C@H]1CSCCS1)C(N)=O. The minimum absolute atomic E-state index is 0.143. The summed E-state index contributed by atoms with van der Waals surface area (Å²) in [5, 5.41) is -0.143. The number of primary amides is 1. The van der Waals surface area contributed by atoms with Gasteiger partial charge >= 0.3 is 5.97 Å². The molecule has 0 aromatic heterocycles. The molecule has 1 saturated heterocycles. The Morgan fingerprint density at radius 1 is 1.50 bits per heavy atom. The first-order chi connectivity index (χ1) is 6.61. The predicted molar refractivity (Wildman–Crippen MR) is 58.3 cm³/mol. The Morgan fingerprint density at radius 2 is 2.21 bits per heavy atom. The van der Waals surface area contributed by atoms with E-state index in [4.69, 9.17) is 10.5 Å². The maximum absolute atomic E-state index is 11.4. The van der Waals surface area contributed by atoms with E-state index in [1.54, 1.807) is 23.5 Å². The van der Waals surface area contributed by atoms with Crippen LogP contribution in [-0.2, 0) is 14.3 Å². The summed E-state index contributed by atoms with van der Waals surface area (Å²) in [6, 6.07) is 0. The van der Waals surface area contributed by atoms with Gasteiger partial charge in [-0.3, -0.25) is 9.59 Å². The number of esters is 1. The number of amides is 1. The molecule has 1 aliphatic heterocycles. The highest BCUT2D eigenvalue weighted by molar-refractivity contribution is 8.07. The van der Waals surface area contributed by atoms with Crippen LogP contribution in [0.2, 0.25) is 0 Å². The highest BCUT2D eigenvalue weighted by Gasteiger charge is 2.26. The largest absolute Gasteiger partial charge is 0.452 e. The fraction of sp³-hybridized carbons (Fsp3) is 0.750. The van der Waals surface area contributed by atoms with Gasteiger partial charge in [0, 0.05) is 17.3 Å². The number of rotatable bonds is 3. The second kappa shape index (κ2) is 5.50. The van der Waals surface area contributed by atoms with Crippen molar-refractivity contribution in [3.05, 3.63) is 0 Å². The standard InChI is InChI=1S/C8H13NO3S2/c1-5(7(9)10)12-8(11)6-4-13-2-3-14-6/h5-6H,2-4H2,1H3,(H2,9,10)/t5-,6+/m0/s1. The fourth-order valence-corrected chi connectivity index (χ4v) is 3.45. The lowest BCUT2D eigenvalue weighted by Crippen LogP contribution is -2.35. The van der Waals surface area contributed by atoms with Crippen LogP contribution in [-0.4, -0.2) is 40.5 Å². The molecule has 0 unspecified atom stereocenters. The predicted octanol–water partition coefficient (Wildman–Crippen LogP) is 0.252. The van der Waals surface area contributed by atoms with Gasteiger partial charge < -0.3 is 10.5 Å². The molecule has 2 N–H and O–H groups in total. The smallest absolute Gasteiger partial charge is 0.320 e. The van der Waals surface area contributed by atoms with Crippen molar-refractivity contribution in [2.45, 2.75) is 18.3 Å². The summed E-state index contributed by atoms with van der Waals surface area (Å²) in [7, 11) is 0. The summed E-state index contributed by atoms with van der Waals surface area (Å²) in [5.74, 6) is 1.85. The molecular formula is C8H13NO3S2. The van der Waals surface area contributed by atoms with E-state index in [9.17, 15) is 9.59 Å². The summed E-state index contributed by atoms with van der Waals surface area (Å²) >= 11 is 3.31. The first kappa shape index (κ1) is 11.7. The molecule has 0 radical (unpaired) electrons. The van der Waals surface area contributed by atoms with Crippen molar-refractivity contribution < 1.29 is 14.3 Å². The number of nitrogens with two attached hydrogens (primary N) is 1. The van der Waals surface area contributed by atoms with Gasteiger partial charge in [-0.25, -0.2) is 0 Å². The number of carbonyl (C=O) groups excluding carboxylic acids is 2. The number of carbonyl (C=O) groups is 2. The maximum Gasteiger partial charge on any atom is 0.320 e. The van der Waals surface area contributed by atoms with Crippen molar-refractivity contribution in [2.24, 2.45) is 5.73 Å². The third-order valence-electron chi connectivity index (χ3n) is 1.77. The van der Waals surface area contributed by atoms with Crippen molar-refractivity contribution in [3.8, 4) is 0 Å². The number of thioether (sulfide) groups is 2. The van der Waals surface area contributed by atoms with Crippen LogP contribution in [0.1, 0.15) is 6.92 Å². The number of hydrogen-bond donors (Lipinski definition) is 1. The van der Waals surface area contributed by atoms with Crippen molar-refractivity contribution in [3.63, 3.8) is 0 Å². The average molecular weight is 235 g/mol. The van der Waals surface area contributed by atoms with Crippen molar-refractivity contribution in [1.29, 1.82) is 0 Å². The van der Waals surface area contributed by atoms with E-state index in [-0.39, 0.29) is 11.2 Å². The third kappa shape index (κ3) is 3.42. The van der Waals surface area contributed by atoms with Crippen molar-refractivity contribution in [1.82, 2.24) is 0 Å². The zero-order valence-electron chi connectivity index (χ0n) is 7.89. The molecule has 0 aliphatic carbocycles. The van der Waals surface area contributed by atoms with Crippen LogP contribution in [0.25, 0.3) is 0 Å². The van der Waals surface area contributed by atoms with E-state index in [0.717, 1.165) is 17.3 Å². The molecule has 14 heavy (non-hydrogen) atoms. The first-order valence-electron chi connectivity index (χ1n) is 4.30. The lowest BCUT2D eigenvalue weighted by atomic mass is 10.4. The van der Waals surface area contributed by atoms with Gasteiger partial charge in [-0.15, -0.1) is 11.8 Å². The highest BCUT2D eigenvalue weighted by atomic mass is 32.2. The molecule has 4 nitrogen and oxygen atoms in total. The van der Waals surface area contributed by atoms with Crippen molar-refractivity contribution >= 4 is 35.4 Å². The van der Waals surface area contributed by atoms with Gasteiger partial charge in [0.25, 0.3) is 5.91 Å². The van der Waals surface area contributed by atoms with E-state index < -0.39 is 12.0 Å². The van der Waals surface area contributed by atoms with E-state index in [0.29, 0.717) is 0 Å². The molecular weight excluding hydrogens is 222 g/mol. The van der Waals surface area contributed by atoms with Gasteiger partial charge in [-0.1, -0.05) is 0 Å². The van der Waals surface area contributed by atoms with Crippen molar-refractivity contribution in [2.75, 3.05) is 17.3 Å². The molecule has 0 bridgehead atoms. The van der Waals surface area contributed by atoms with Gasteiger partial charge in [0.05, 0.1) is 0 Å². The van der Waals surface area contributed by atoms with Crippen LogP contribution in [0.5, 0.6) is 0 Å².